The minimum absolute atomic E-state index is 0.828. The van der Waals surface area contributed by atoms with Gasteiger partial charge < -0.3 is 4.74 Å². The molecule has 0 saturated carbocycles. The number of nitrogens with zero attached hydrogens (tertiary/aromatic N) is 1. The van der Waals surface area contributed by atoms with Gasteiger partial charge in [0, 0.05) is 4.91 Å². The van der Waals surface area contributed by atoms with Gasteiger partial charge in [-0.2, -0.15) is 5.26 Å². The number of nitriles is 1. The zero-order valence-corrected chi connectivity index (χ0v) is 9.89. The highest BCUT2D eigenvalue weighted by molar-refractivity contribution is 8.12. The molecule has 0 unspecified atom stereocenters. The molecule has 1 aromatic rings. The summed E-state index contributed by atoms with van der Waals surface area (Å²) in [6, 6.07) is 7.73. The molecule has 0 atom stereocenters. The smallest absolute Gasteiger partial charge is 0.138 e. The van der Waals surface area contributed by atoms with Crippen LogP contribution in [0.3, 0.4) is 0 Å². The molecular weight excluding hydrogens is 206 g/mol. The van der Waals surface area contributed by atoms with E-state index >= 15 is 0 Å². The first-order valence-electron chi connectivity index (χ1n) is 4.57. The highest BCUT2D eigenvalue weighted by atomic mass is 32.2. The van der Waals surface area contributed by atoms with Gasteiger partial charge in [0.1, 0.15) is 11.2 Å². The van der Waals surface area contributed by atoms with Gasteiger partial charge in [0.25, 0.3) is 0 Å². The van der Waals surface area contributed by atoms with Crippen molar-refractivity contribution in [1.29, 1.82) is 5.26 Å². The first-order valence-corrected chi connectivity index (χ1v) is 5.38. The Kier molecular flexibility index (Phi) is 4.26. The van der Waals surface area contributed by atoms with Crippen molar-refractivity contribution in [3.63, 3.8) is 0 Å². The van der Waals surface area contributed by atoms with E-state index in [0.717, 1.165) is 21.8 Å². The van der Waals surface area contributed by atoms with Crippen molar-refractivity contribution in [3.8, 4) is 11.2 Å². The Labute approximate surface area is 94.6 Å². The molecule has 78 valence electrons. The van der Waals surface area contributed by atoms with Crippen LogP contribution in [0, 0.1) is 10.7 Å². The molecule has 0 N–H and O–H groups in total. The number of methoxy groups -OCH3 is 1. The molecule has 0 aliphatic rings. The summed E-state index contributed by atoms with van der Waals surface area (Å²) in [5, 5.41) is 10.8. The maximum Gasteiger partial charge on any atom is 0.138 e. The number of hydrogen-bond acceptors (Lipinski definition) is 3. The van der Waals surface area contributed by atoms with Gasteiger partial charge in [-0.25, -0.2) is 0 Å². The van der Waals surface area contributed by atoms with E-state index in [4.69, 9.17) is 10.00 Å². The quantitative estimate of drug-likeness (QED) is 0.727. The van der Waals surface area contributed by atoms with Crippen molar-refractivity contribution in [2.45, 2.75) is 13.8 Å². The highest BCUT2D eigenvalue weighted by Gasteiger charge is 2.04. The van der Waals surface area contributed by atoms with Gasteiger partial charge in [-0.15, -0.1) is 0 Å². The minimum Gasteiger partial charge on any atom is -0.497 e. The fraction of sp³-hybridized carbons (Fsp3) is 0.250. The number of hydrogen-bond donors (Lipinski definition) is 0. The number of benzene rings is 1. The lowest BCUT2D eigenvalue weighted by atomic mass is 10.1. The lowest BCUT2D eigenvalue weighted by molar-refractivity contribution is 0.415. The van der Waals surface area contributed by atoms with E-state index in [1.54, 1.807) is 7.11 Å². The molecule has 0 saturated heterocycles. The molecule has 0 aliphatic heterocycles. The van der Waals surface area contributed by atoms with Crippen LogP contribution in [0.25, 0.3) is 4.91 Å². The molecule has 3 heteroatoms. The SMILES string of the molecule is COc1ccc(C(SC#N)=C(C)C)cc1. The van der Waals surface area contributed by atoms with E-state index in [1.807, 2.05) is 38.1 Å². The number of allylic oxidation sites excluding steroid dienone is 1. The summed E-state index contributed by atoms with van der Waals surface area (Å²) in [5.74, 6) is 0.828. The van der Waals surface area contributed by atoms with Gasteiger partial charge in [-0.05, 0) is 43.3 Å². The van der Waals surface area contributed by atoms with Crippen LogP contribution >= 0.6 is 11.8 Å². The van der Waals surface area contributed by atoms with Crippen LogP contribution in [0.15, 0.2) is 29.8 Å². The van der Waals surface area contributed by atoms with Crippen molar-refractivity contribution >= 4 is 16.7 Å². The lowest BCUT2D eigenvalue weighted by Gasteiger charge is -2.06. The second-order valence-corrected chi connectivity index (χ2v) is 4.05. The predicted molar refractivity (Wildman–Crippen MR) is 64.5 cm³/mol. The Hall–Kier alpha value is -1.40. The third kappa shape index (κ3) is 3.03. The molecular formula is C12H13NOS. The molecule has 0 aromatic heterocycles. The highest BCUT2D eigenvalue weighted by Crippen LogP contribution is 2.30. The molecule has 0 aliphatic carbocycles. The molecule has 15 heavy (non-hydrogen) atoms. The van der Waals surface area contributed by atoms with Crippen LogP contribution in [-0.4, -0.2) is 7.11 Å². The molecule has 0 fully saturated rings. The largest absolute Gasteiger partial charge is 0.497 e. The summed E-state index contributed by atoms with van der Waals surface area (Å²) in [7, 11) is 1.64. The molecule has 0 heterocycles. The Morgan fingerprint density at radius 2 is 1.87 bits per heavy atom. The van der Waals surface area contributed by atoms with Crippen LogP contribution in [-0.2, 0) is 0 Å². The Balaban J connectivity index is 3.04. The average molecular weight is 219 g/mol. The third-order valence-corrected chi connectivity index (χ3v) is 2.89. The predicted octanol–water partition coefficient (Wildman–Crippen LogP) is 3.66. The third-order valence-electron chi connectivity index (χ3n) is 1.95. The van der Waals surface area contributed by atoms with E-state index in [9.17, 15) is 0 Å². The number of ether oxygens (including phenoxy) is 1. The van der Waals surface area contributed by atoms with E-state index in [0.29, 0.717) is 0 Å². The van der Waals surface area contributed by atoms with E-state index < -0.39 is 0 Å². The summed E-state index contributed by atoms with van der Waals surface area (Å²) < 4.78 is 5.08. The molecule has 1 aromatic carbocycles. The molecule has 0 bridgehead atoms. The average Bonchev–Trinajstić information content (AvgIpc) is 2.26. The molecule has 2 nitrogen and oxygen atoms in total. The molecule has 0 amide bonds. The van der Waals surface area contributed by atoms with Gasteiger partial charge in [0.15, 0.2) is 0 Å². The van der Waals surface area contributed by atoms with E-state index in [1.165, 1.54) is 11.8 Å². The van der Waals surface area contributed by atoms with Crippen LogP contribution in [0.5, 0.6) is 5.75 Å². The lowest BCUT2D eigenvalue weighted by Crippen LogP contribution is -1.85. The Morgan fingerprint density at radius 1 is 1.27 bits per heavy atom. The maximum atomic E-state index is 8.70. The van der Waals surface area contributed by atoms with Crippen LogP contribution in [0.4, 0.5) is 0 Å². The van der Waals surface area contributed by atoms with Crippen LogP contribution < -0.4 is 4.74 Å². The number of thiocyanates is 1. The molecule has 0 radical (unpaired) electrons. The number of rotatable bonds is 3. The monoisotopic (exact) mass is 219 g/mol. The maximum absolute atomic E-state index is 8.70. The first kappa shape index (κ1) is 11.7. The summed E-state index contributed by atoms with van der Waals surface area (Å²) in [6.07, 6.45) is 0. The zero-order valence-electron chi connectivity index (χ0n) is 9.07. The van der Waals surface area contributed by atoms with Crippen LogP contribution in [0.2, 0.25) is 0 Å². The van der Waals surface area contributed by atoms with Crippen molar-refractivity contribution in [2.75, 3.05) is 7.11 Å². The first-order chi connectivity index (χ1) is 7.19. The van der Waals surface area contributed by atoms with E-state index in [-0.39, 0.29) is 0 Å². The fourth-order valence-corrected chi connectivity index (χ4v) is 1.79. The van der Waals surface area contributed by atoms with Crippen molar-refractivity contribution < 1.29 is 4.74 Å². The van der Waals surface area contributed by atoms with Gasteiger partial charge in [-0.3, -0.25) is 0 Å². The normalized spacial score (nSPS) is 9.20. The topological polar surface area (TPSA) is 33.0 Å². The summed E-state index contributed by atoms with van der Waals surface area (Å²) in [5.41, 5.74) is 2.20. The van der Waals surface area contributed by atoms with Crippen molar-refractivity contribution in [2.24, 2.45) is 0 Å². The van der Waals surface area contributed by atoms with Gasteiger partial charge in [-0.1, -0.05) is 17.7 Å². The minimum atomic E-state index is 0.828. The van der Waals surface area contributed by atoms with E-state index in [2.05, 4.69) is 5.40 Å². The summed E-state index contributed by atoms with van der Waals surface area (Å²) in [6.45, 7) is 4.01. The van der Waals surface area contributed by atoms with Gasteiger partial charge in [0.05, 0.1) is 7.11 Å². The zero-order chi connectivity index (χ0) is 11.3. The fourth-order valence-electron chi connectivity index (χ4n) is 1.24. The standard InChI is InChI=1S/C12H13NOS/c1-9(2)12(15-8-13)10-4-6-11(14-3)7-5-10/h4-7H,1-3H3. The Bertz CT molecular complexity index is 397. The Morgan fingerprint density at radius 3 is 2.27 bits per heavy atom. The summed E-state index contributed by atoms with van der Waals surface area (Å²) in [4.78, 5) is 1.01. The van der Waals surface area contributed by atoms with Crippen LogP contribution in [0.1, 0.15) is 19.4 Å². The molecule has 1 rings (SSSR count). The van der Waals surface area contributed by atoms with Crippen molar-refractivity contribution in [3.05, 3.63) is 35.4 Å². The van der Waals surface area contributed by atoms with Crippen molar-refractivity contribution in [1.82, 2.24) is 0 Å². The number of thioether (sulfide) groups is 1. The second-order valence-electron chi connectivity index (χ2n) is 3.25. The summed E-state index contributed by atoms with van der Waals surface area (Å²) >= 11 is 1.20. The van der Waals surface area contributed by atoms with Gasteiger partial charge in [0.2, 0.25) is 0 Å². The molecule has 0 spiro atoms. The second kappa shape index (κ2) is 5.47. The van der Waals surface area contributed by atoms with Gasteiger partial charge >= 0.3 is 0 Å².